The third-order valence-corrected chi connectivity index (χ3v) is 6.56. The highest BCUT2D eigenvalue weighted by atomic mass is 35.5. The summed E-state index contributed by atoms with van der Waals surface area (Å²) in [6, 6.07) is 16.6. The standard InChI is InChI=1S/C28H38N2O2.ClH/c1-6-30(7-2)28(31)24-12-8-10-21(17-24)16-22-14-15-25(20-29(3)4)27(18-22)23-11-9-13-26(19-23)32-5;/h8-13,16-17,19,25,27H,6-7,14-15,18,20H2,1-5H3;1H/b22-16-;/t25-,27-;/m1./s1. The van der Waals surface area contributed by atoms with Gasteiger partial charge >= 0.3 is 0 Å². The zero-order valence-corrected chi connectivity index (χ0v) is 21.5. The second-order valence-electron chi connectivity index (χ2n) is 9.05. The largest absolute Gasteiger partial charge is 0.497 e. The number of halogens is 1. The van der Waals surface area contributed by atoms with Gasteiger partial charge in [0.05, 0.1) is 7.11 Å². The molecule has 0 saturated heterocycles. The number of carbonyl (C=O) groups excluding carboxylic acids is 1. The predicted octanol–water partition coefficient (Wildman–Crippen LogP) is 6.13. The number of rotatable bonds is 8. The lowest BCUT2D eigenvalue weighted by Crippen LogP contribution is -2.30. The quantitative estimate of drug-likeness (QED) is 0.465. The van der Waals surface area contributed by atoms with Crippen LogP contribution < -0.4 is 4.74 Å². The number of hydrogen-bond acceptors (Lipinski definition) is 3. The van der Waals surface area contributed by atoms with E-state index in [1.807, 2.05) is 43.0 Å². The van der Waals surface area contributed by atoms with E-state index in [0.29, 0.717) is 11.8 Å². The lowest BCUT2D eigenvalue weighted by Gasteiger charge is -2.35. The zero-order valence-electron chi connectivity index (χ0n) is 20.7. The molecule has 1 aliphatic carbocycles. The molecule has 0 bridgehead atoms. The van der Waals surface area contributed by atoms with E-state index in [-0.39, 0.29) is 18.3 Å². The summed E-state index contributed by atoms with van der Waals surface area (Å²) in [5, 5.41) is 0. The van der Waals surface area contributed by atoms with Crippen LogP contribution in [0.3, 0.4) is 0 Å². The van der Waals surface area contributed by atoms with Crippen molar-refractivity contribution < 1.29 is 9.53 Å². The molecule has 180 valence electrons. The molecule has 0 aliphatic heterocycles. The average molecular weight is 471 g/mol. The van der Waals surface area contributed by atoms with Gasteiger partial charge in [0.15, 0.2) is 0 Å². The summed E-state index contributed by atoms with van der Waals surface area (Å²) in [6.07, 6.45) is 5.62. The fourth-order valence-corrected chi connectivity index (χ4v) is 4.89. The molecule has 5 heteroatoms. The molecule has 33 heavy (non-hydrogen) atoms. The molecule has 0 aromatic heterocycles. The van der Waals surface area contributed by atoms with Gasteiger partial charge in [0.1, 0.15) is 5.75 Å². The maximum Gasteiger partial charge on any atom is 0.253 e. The lowest BCUT2D eigenvalue weighted by atomic mass is 9.73. The number of carbonyl (C=O) groups is 1. The van der Waals surface area contributed by atoms with Crippen LogP contribution in [0.2, 0.25) is 0 Å². The van der Waals surface area contributed by atoms with Crippen molar-refractivity contribution in [1.82, 2.24) is 9.80 Å². The van der Waals surface area contributed by atoms with Gasteiger partial charge in [-0.15, -0.1) is 12.4 Å². The third kappa shape index (κ3) is 7.09. The number of amides is 1. The Morgan fingerprint density at radius 3 is 2.48 bits per heavy atom. The summed E-state index contributed by atoms with van der Waals surface area (Å²) in [7, 11) is 6.05. The minimum Gasteiger partial charge on any atom is -0.497 e. The van der Waals surface area contributed by atoms with Crippen LogP contribution in [-0.2, 0) is 0 Å². The number of hydrogen-bond donors (Lipinski definition) is 0. The summed E-state index contributed by atoms with van der Waals surface area (Å²) >= 11 is 0. The first kappa shape index (κ1) is 26.9. The van der Waals surface area contributed by atoms with Gasteiger partial charge in [-0.1, -0.05) is 35.9 Å². The van der Waals surface area contributed by atoms with E-state index in [0.717, 1.165) is 49.4 Å². The maximum absolute atomic E-state index is 12.8. The fraction of sp³-hybridized carbons (Fsp3) is 0.464. The Bertz CT molecular complexity index is 937. The van der Waals surface area contributed by atoms with Gasteiger partial charge < -0.3 is 14.5 Å². The molecule has 0 radical (unpaired) electrons. The minimum atomic E-state index is 0. The van der Waals surface area contributed by atoms with Crippen molar-refractivity contribution in [1.29, 1.82) is 0 Å². The smallest absolute Gasteiger partial charge is 0.253 e. The molecular formula is C28H39ClN2O2. The zero-order chi connectivity index (χ0) is 23.1. The fourth-order valence-electron chi connectivity index (χ4n) is 4.89. The average Bonchev–Trinajstić information content (AvgIpc) is 2.80. The lowest BCUT2D eigenvalue weighted by molar-refractivity contribution is 0.0773. The number of benzene rings is 2. The van der Waals surface area contributed by atoms with Gasteiger partial charge in [0, 0.05) is 25.2 Å². The molecule has 1 fully saturated rings. The van der Waals surface area contributed by atoms with Crippen LogP contribution in [0.5, 0.6) is 5.75 Å². The van der Waals surface area contributed by atoms with Crippen molar-refractivity contribution in [3.8, 4) is 5.75 Å². The summed E-state index contributed by atoms with van der Waals surface area (Å²) in [4.78, 5) is 17.0. The SMILES string of the molecule is CCN(CC)C(=O)c1cccc(/C=C2/CC[C@H](CN(C)C)[C@@H](c3cccc(OC)c3)C2)c1.Cl. The van der Waals surface area contributed by atoms with Crippen LogP contribution >= 0.6 is 12.4 Å². The Hall–Kier alpha value is -2.30. The molecule has 2 aromatic carbocycles. The summed E-state index contributed by atoms with van der Waals surface area (Å²) in [6.45, 7) is 6.60. The molecule has 1 aliphatic rings. The van der Waals surface area contributed by atoms with Gasteiger partial charge in [0.2, 0.25) is 0 Å². The van der Waals surface area contributed by atoms with Gasteiger partial charge in [-0.2, -0.15) is 0 Å². The Balaban J connectivity index is 0.00000385. The Morgan fingerprint density at radius 2 is 1.82 bits per heavy atom. The van der Waals surface area contributed by atoms with Crippen molar-refractivity contribution in [2.45, 2.75) is 39.0 Å². The van der Waals surface area contributed by atoms with Crippen LogP contribution in [-0.4, -0.2) is 56.5 Å². The first-order chi connectivity index (χ1) is 15.4. The van der Waals surface area contributed by atoms with Crippen LogP contribution in [0.1, 0.15) is 60.5 Å². The second kappa shape index (κ2) is 12.8. The third-order valence-electron chi connectivity index (χ3n) is 6.56. The van der Waals surface area contributed by atoms with Crippen LogP contribution in [0.15, 0.2) is 54.1 Å². The normalized spacial score (nSPS) is 19.3. The minimum absolute atomic E-state index is 0. The van der Waals surface area contributed by atoms with E-state index in [9.17, 15) is 4.79 Å². The summed E-state index contributed by atoms with van der Waals surface area (Å²) in [5.74, 6) is 2.11. The van der Waals surface area contributed by atoms with Crippen LogP contribution in [0.4, 0.5) is 0 Å². The number of methoxy groups -OCH3 is 1. The van der Waals surface area contributed by atoms with E-state index in [1.54, 1.807) is 7.11 Å². The van der Waals surface area contributed by atoms with Gasteiger partial charge in [0.25, 0.3) is 5.91 Å². The summed E-state index contributed by atoms with van der Waals surface area (Å²) < 4.78 is 5.50. The molecule has 0 N–H and O–H groups in total. The molecule has 1 saturated carbocycles. The number of nitrogens with zero attached hydrogens (tertiary/aromatic N) is 2. The number of ether oxygens (including phenoxy) is 1. The first-order valence-electron chi connectivity index (χ1n) is 11.8. The first-order valence-corrected chi connectivity index (χ1v) is 11.8. The molecule has 4 nitrogen and oxygen atoms in total. The molecule has 0 spiro atoms. The molecule has 2 atom stereocenters. The highest BCUT2D eigenvalue weighted by molar-refractivity contribution is 5.94. The van der Waals surface area contributed by atoms with E-state index >= 15 is 0 Å². The van der Waals surface area contributed by atoms with Gasteiger partial charge in [-0.25, -0.2) is 0 Å². The highest BCUT2D eigenvalue weighted by Gasteiger charge is 2.29. The van der Waals surface area contributed by atoms with Crippen molar-refractivity contribution in [2.24, 2.45) is 5.92 Å². The second-order valence-corrected chi connectivity index (χ2v) is 9.05. The Labute approximate surface area is 206 Å². The molecule has 0 heterocycles. The van der Waals surface area contributed by atoms with Crippen molar-refractivity contribution in [2.75, 3.05) is 40.8 Å². The topological polar surface area (TPSA) is 32.8 Å². The van der Waals surface area contributed by atoms with Crippen LogP contribution in [0, 0.1) is 5.92 Å². The van der Waals surface area contributed by atoms with Gasteiger partial charge in [-0.3, -0.25) is 4.79 Å². The molecular weight excluding hydrogens is 432 g/mol. The predicted molar refractivity (Wildman–Crippen MR) is 141 cm³/mol. The monoisotopic (exact) mass is 470 g/mol. The van der Waals surface area contributed by atoms with E-state index in [2.05, 4.69) is 49.3 Å². The number of allylic oxidation sites excluding steroid dienone is 1. The molecule has 1 amide bonds. The van der Waals surface area contributed by atoms with Crippen molar-refractivity contribution in [3.05, 3.63) is 70.8 Å². The maximum atomic E-state index is 12.8. The summed E-state index contributed by atoms with van der Waals surface area (Å²) in [5.41, 5.74) is 4.70. The highest BCUT2D eigenvalue weighted by Crippen LogP contribution is 2.42. The van der Waals surface area contributed by atoms with Gasteiger partial charge in [-0.05, 0) is 94.4 Å². The van der Waals surface area contributed by atoms with Crippen molar-refractivity contribution >= 4 is 24.4 Å². The Morgan fingerprint density at radius 1 is 1.09 bits per heavy atom. The van der Waals surface area contributed by atoms with E-state index in [1.165, 1.54) is 17.6 Å². The Kier molecular flexibility index (Phi) is 10.5. The van der Waals surface area contributed by atoms with Crippen molar-refractivity contribution in [3.63, 3.8) is 0 Å². The molecule has 0 unspecified atom stereocenters. The van der Waals surface area contributed by atoms with Crippen LogP contribution in [0.25, 0.3) is 6.08 Å². The van der Waals surface area contributed by atoms with E-state index < -0.39 is 0 Å². The van der Waals surface area contributed by atoms with E-state index in [4.69, 9.17) is 4.74 Å². The molecule has 2 aromatic rings. The molecule has 3 rings (SSSR count).